The van der Waals surface area contributed by atoms with Gasteiger partial charge in [-0.1, -0.05) is 39.0 Å². The standard InChI is InChI=1S/C37H73NO15/c1-2-3-4-5-6-7-12-42-14-16-44-18-20-46-22-24-48-26-28-50-30-32-52-34-35-53-33-31-51-29-27-49-25-23-47-21-19-45-17-15-43-13-8-11-38-36(39)9-10-37(40)41/h2-35H2,1H3,(H,38,39)(H,40,41). The summed E-state index contributed by atoms with van der Waals surface area (Å²) in [6.45, 7) is 15.2. The van der Waals surface area contributed by atoms with E-state index < -0.39 is 5.97 Å². The van der Waals surface area contributed by atoms with E-state index in [1.807, 2.05) is 0 Å². The molecular formula is C37H73NO15. The predicted octanol–water partition coefficient (Wildman–Crippen LogP) is 2.92. The molecule has 0 saturated heterocycles. The van der Waals surface area contributed by atoms with Gasteiger partial charge >= 0.3 is 5.97 Å². The van der Waals surface area contributed by atoms with Crippen molar-refractivity contribution in [1.82, 2.24) is 5.32 Å². The predicted molar refractivity (Wildman–Crippen MR) is 198 cm³/mol. The Hall–Kier alpha value is -1.54. The summed E-state index contributed by atoms with van der Waals surface area (Å²) >= 11 is 0. The number of nitrogens with one attached hydrogen (secondary N) is 1. The Bertz CT molecular complexity index is 738. The van der Waals surface area contributed by atoms with Crippen molar-refractivity contribution in [3.8, 4) is 0 Å². The lowest BCUT2D eigenvalue weighted by atomic mass is 10.1. The van der Waals surface area contributed by atoms with Crippen molar-refractivity contribution in [1.29, 1.82) is 0 Å². The largest absolute Gasteiger partial charge is 0.481 e. The van der Waals surface area contributed by atoms with Gasteiger partial charge in [0, 0.05) is 26.2 Å². The zero-order chi connectivity index (χ0) is 38.4. The Morgan fingerprint density at radius 3 is 0.925 bits per heavy atom. The van der Waals surface area contributed by atoms with Crippen LogP contribution in [0.1, 0.15) is 64.7 Å². The number of hydrogen-bond acceptors (Lipinski definition) is 14. The first-order chi connectivity index (χ1) is 26.2. The summed E-state index contributed by atoms with van der Waals surface area (Å²) in [4.78, 5) is 21.8. The SMILES string of the molecule is CCCCCCCCOCCOCCOCCOCCOCCOCCOCCOCCOCCOCCOCCOCCCNC(=O)CCC(=O)O. The molecule has 2 N–H and O–H groups in total. The Kier molecular flexibility index (Phi) is 45.3. The minimum atomic E-state index is -0.982. The summed E-state index contributed by atoms with van der Waals surface area (Å²) in [6, 6.07) is 0. The van der Waals surface area contributed by atoms with Crippen molar-refractivity contribution in [2.45, 2.75) is 64.7 Å². The highest BCUT2D eigenvalue weighted by molar-refractivity contribution is 5.80. The smallest absolute Gasteiger partial charge is 0.303 e. The number of unbranched alkanes of at least 4 members (excludes halogenated alkanes) is 5. The fraction of sp³-hybridized carbons (Fsp3) is 0.946. The van der Waals surface area contributed by atoms with Crippen LogP contribution in [0.15, 0.2) is 0 Å². The zero-order valence-corrected chi connectivity index (χ0v) is 32.7. The molecule has 0 aromatic heterocycles. The van der Waals surface area contributed by atoms with Gasteiger partial charge < -0.3 is 67.3 Å². The second-order valence-electron chi connectivity index (χ2n) is 11.7. The Labute approximate surface area is 318 Å². The molecular weight excluding hydrogens is 698 g/mol. The molecule has 0 heterocycles. The molecule has 0 unspecified atom stereocenters. The van der Waals surface area contributed by atoms with Crippen LogP contribution in [0.3, 0.4) is 0 Å². The molecule has 0 bridgehead atoms. The number of carboxylic acids is 1. The van der Waals surface area contributed by atoms with Gasteiger partial charge in [-0.25, -0.2) is 0 Å². The van der Waals surface area contributed by atoms with Crippen molar-refractivity contribution >= 4 is 11.9 Å². The van der Waals surface area contributed by atoms with Crippen LogP contribution in [0.2, 0.25) is 0 Å². The van der Waals surface area contributed by atoms with Crippen LogP contribution in [0.25, 0.3) is 0 Å². The maximum atomic E-state index is 11.4. The number of carbonyl (C=O) groups excluding carboxylic acids is 1. The van der Waals surface area contributed by atoms with Gasteiger partial charge in [-0.2, -0.15) is 0 Å². The molecule has 316 valence electrons. The summed E-state index contributed by atoms with van der Waals surface area (Å²) in [5.74, 6) is -1.25. The summed E-state index contributed by atoms with van der Waals surface area (Å²) in [7, 11) is 0. The highest BCUT2D eigenvalue weighted by atomic mass is 16.6. The van der Waals surface area contributed by atoms with Gasteiger partial charge in [0.15, 0.2) is 0 Å². The highest BCUT2D eigenvalue weighted by Gasteiger charge is 2.04. The Morgan fingerprint density at radius 2 is 0.623 bits per heavy atom. The van der Waals surface area contributed by atoms with Gasteiger partial charge in [-0.05, 0) is 12.8 Å². The van der Waals surface area contributed by atoms with E-state index in [-0.39, 0.29) is 18.7 Å². The molecule has 53 heavy (non-hydrogen) atoms. The molecule has 0 aliphatic rings. The molecule has 16 heteroatoms. The third-order valence-corrected chi connectivity index (χ3v) is 7.09. The molecule has 0 rings (SSSR count). The van der Waals surface area contributed by atoms with E-state index in [0.29, 0.717) is 165 Å². The molecule has 1 amide bonds. The summed E-state index contributed by atoms with van der Waals surface area (Å²) in [5, 5.41) is 11.2. The molecule has 0 aliphatic carbocycles. The summed E-state index contributed by atoms with van der Waals surface area (Å²) < 4.78 is 65.8. The van der Waals surface area contributed by atoms with Crippen LogP contribution in [0, 0.1) is 0 Å². The van der Waals surface area contributed by atoms with Crippen LogP contribution >= 0.6 is 0 Å². The van der Waals surface area contributed by atoms with Gasteiger partial charge in [0.2, 0.25) is 5.91 Å². The molecule has 0 aromatic carbocycles. The van der Waals surface area contributed by atoms with E-state index >= 15 is 0 Å². The average Bonchev–Trinajstić information content (AvgIpc) is 3.15. The number of hydrogen-bond donors (Lipinski definition) is 2. The maximum Gasteiger partial charge on any atom is 0.303 e. The van der Waals surface area contributed by atoms with Gasteiger partial charge in [0.25, 0.3) is 0 Å². The summed E-state index contributed by atoms with van der Waals surface area (Å²) in [6.07, 6.45) is 8.12. The second kappa shape index (κ2) is 46.6. The summed E-state index contributed by atoms with van der Waals surface area (Å²) in [5.41, 5.74) is 0. The normalized spacial score (nSPS) is 11.4. The van der Waals surface area contributed by atoms with Crippen molar-refractivity contribution in [2.24, 2.45) is 0 Å². The fourth-order valence-corrected chi connectivity index (χ4v) is 4.22. The van der Waals surface area contributed by atoms with Crippen molar-refractivity contribution in [3.63, 3.8) is 0 Å². The molecule has 0 aliphatic heterocycles. The van der Waals surface area contributed by atoms with Crippen molar-refractivity contribution < 1.29 is 71.5 Å². The minimum absolute atomic E-state index is 0.0100. The average molecular weight is 772 g/mol. The van der Waals surface area contributed by atoms with E-state index in [1.54, 1.807) is 0 Å². The van der Waals surface area contributed by atoms with Gasteiger partial charge in [-0.15, -0.1) is 0 Å². The molecule has 0 atom stereocenters. The van der Waals surface area contributed by atoms with E-state index in [0.717, 1.165) is 13.0 Å². The molecule has 0 fully saturated rings. The van der Waals surface area contributed by atoms with Crippen LogP contribution in [-0.4, -0.2) is 182 Å². The maximum absolute atomic E-state index is 11.4. The highest BCUT2D eigenvalue weighted by Crippen LogP contribution is 2.04. The number of ether oxygens (including phenoxy) is 12. The first-order valence-corrected chi connectivity index (χ1v) is 19.6. The second-order valence-corrected chi connectivity index (χ2v) is 11.7. The third-order valence-electron chi connectivity index (χ3n) is 7.09. The van der Waals surface area contributed by atoms with E-state index in [9.17, 15) is 9.59 Å². The van der Waals surface area contributed by atoms with Crippen LogP contribution in [0.4, 0.5) is 0 Å². The first-order valence-electron chi connectivity index (χ1n) is 19.6. The lowest BCUT2D eigenvalue weighted by Gasteiger charge is -2.09. The van der Waals surface area contributed by atoms with Crippen LogP contribution in [-0.2, 0) is 66.4 Å². The number of carbonyl (C=O) groups is 2. The molecule has 0 saturated carbocycles. The molecule has 0 aromatic rings. The lowest BCUT2D eigenvalue weighted by Crippen LogP contribution is -2.25. The zero-order valence-electron chi connectivity index (χ0n) is 32.7. The minimum Gasteiger partial charge on any atom is -0.481 e. The molecule has 0 radical (unpaired) electrons. The number of amides is 1. The first kappa shape index (κ1) is 51.5. The molecule has 0 spiro atoms. The van der Waals surface area contributed by atoms with Crippen LogP contribution in [0.5, 0.6) is 0 Å². The number of carboxylic acid groups (broad SMARTS) is 1. The fourth-order valence-electron chi connectivity index (χ4n) is 4.22. The van der Waals surface area contributed by atoms with E-state index in [1.165, 1.54) is 32.1 Å². The van der Waals surface area contributed by atoms with Crippen molar-refractivity contribution in [2.75, 3.05) is 165 Å². The van der Waals surface area contributed by atoms with Gasteiger partial charge in [0.1, 0.15) is 0 Å². The van der Waals surface area contributed by atoms with Crippen molar-refractivity contribution in [3.05, 3.63) is 0 Å². The lowest BCUT2D eigenvalue weighted by molar-refractivity contribution is -0.138. The topological polar surface area (TPSA) is 177 Å². The quantitative estimate of drug-likeness (QED) is 0.0863. The van der Waals surface area contributed by atoms with E-state index in [2.05, 4.69) is 12.2 Å². The Morgan fingerprint density at radius 1 is 0.358 bits per heavy atom. The number of rotatable bonds is 47. The third kappa shape index (κ3) is 48.4. The molecule has 16 nitrogen and oxygen atoms in total. The van der Waals surface area contributed by atoms with E-state index in [4.69, 9.17) is 61.9 Å². The van der Waals surface area contributed by atoms with Gasteiger partial charge in [-0.3, -0.25) is 9.59 Å². The Balaban J connectivity index is 3.08. The van der Waals surface area contributed by atoms with Gasteiger partial charge in [0.05, 0.1) is 152 Å². The number of aliphatic carboxylic acids is 1. The monoisotopic (exact) mass is 771 g/mol. The van der Waals surface area contributed by atoms with Crippen LogP contribution < -0.4 is 5.32 Å².